The van der Waals surface area contributed by atoms with Gasteiger partial charge in [0.1, 0.15) is 11.6 Å². The summed E-state index contributed by atoms with van der Waals surface area (Å²) in [4.78, 5) is 0. The average molecular weight is 321 g/mol. The summed E-state index contributed by atoms with van der Waals surface area (Å²) < 4.78 is 18.6. The van der Waals surface area contributed by atoms with Gasteiger partial charge in [-0.1, -0.05) is 43.5 Å². The molecule has 0 radical (unpaired) electrons. The van der Waals surface area contributed by atoms with Gasteiger partial charge in [-0.2, -0.15) is 0 Å². The predicted octanol–water partition coefficient (Wildman–Crippen LogP) is 5.66. The maximum Gasteiger partial charge on any atom is 0.129 e. The Bertz CT molecular complexity index is 623. The zero-order valence-electron chi connectivity index (χ0n) is 12.8. The molecule has 0 spiro atoms. The number of aryl methyl sites for hydroxylation is 1. The van der Waals surface area contributed by atoms with Gasteiger partial charge in [0.15, 0.2) is 0 Å². The minimum Gasteiger partial charge on any atom is -0.496 e. The van der Waals surface area contributed by atoms with E-state index in [-0.39, 0.29) is 18.2 Å². The molecule has 3 heteroatoms. The second kappa shape index (κ2) is 7.64. The Morgan fingerprint density at radius 2 is 1.95 bits per heavy atom. The van der Waals surface area contributed by atoms with Gasteiger partial charge in [0, 0.05) is 11.6 Å². The number of hydrogen-bond donors (Lipinski definition) is 0. The van der Waals surface area contributed by atoms with Crippen molar-refractivity contribution in [2.75, 3.05) is 7.11 Å². The van der Waals surface area contributed by atoms with E-state index in [1.807, 2.05) is 0 Å². The SMILES string of the molecule is COc1cc(F)ccc1-c1cccc(CCCC2CC2)c1.Cl. The van der Waals surface area contributed by atoms with Crippen LogP contribution in [0.5, 0.6) is 5.75 Å². The molecular formula is C19H22ClFO. The van der Waals surface area contributed by atoms with Crippen LogP contribution in [0.3, 0.4) is 0 Å². The molecule has 0 amide bonds. The first-order chi connectivity index (χ1) is 10.3. The summed E-state index contributed by atoms with van der Waals surface area (Å²) in [6.07, 6.45) is 6.58. The molecule has 0 N–H and O–H groups in total. The van der Waals surface area contributed by atoms with Crippen molar-refractivity contribution in [1.82, 2.24) is 0 Å². The quantitative estimate of drug-likeness (QED) is 0.667. The fraction of sp³-hybridized carbons (Fsp3) is 0.368. The molecule has 0 unspecified atom stereocenters. The van der Waals surface area contributed by atoms with Crippen molar-refractivity contribution in [2.45, 2.75) is 32.1 Å². The maximum atomic E-state index is 13.3. The highest BCUT2D eigenvalue weighted by Crippen LogP contribution is 2.34. The van der Waals surface area contributed by atoms with Gasteiger partial charge in [-0.05, 0) is 42.0 Å². The zero-order chi connectivity index (χ0) is 14.7. The molecule has 0 heterocycles. The standard InChI is InChI=1S/C19H21FO.ClH/c1-21-19-13-17(20)10-11-18(19)16-7-3-6-15(12-16)5-2-4-14-8-9-14;/h3,6-7,10-14H,2,4-5,8-9H2,1H3;1H. The second-order valence-corrected chi connectivity index (χ2v) is 5.88. The fourth-order valence-corrected chi connectivity index (χ4v) is 2.80. The Labute approximate surface area is 137 Å². The van der Waals surface area contributed by atoms with E-state index in [1.165, 1.54) is 43.4 Å². The lowest BCUT2D eigenvalue weighted by Crippen LogP contribution is -1.91. The Morgan fingerprint density at radius 1 is 1.14 bits per heavy atom. The van der Waals surface area contributed by atoms with Gasteiger partial charge in [0.2, 0.25) is 0 Å². The summed E-state index contributed by atoms with van der Waals surface area (Å²) in [6, 6.07) is 13.2. The Balaban J connectivity index is 0.00000176. The van der Waals surface area contributed by atoms with Crippen molar-refractivity contribution in [3.05, 3.63) is 53.8 Å². The van der Waals surface area contributed by atoms with Crippen molar-refractivity contribution in [3.8, 4) is 16.9 Å². The van der Waals surface area contributed by atoms with Gasteiger partial charge in [0.25, 0.3) is 0 Å². The van der Waals surface area contributed by atoms with E-state index in [2.05, 4.69) is 24.3 Å². The highest BCUT2D eigenvalue weighted by molar-refractivity contribution is 5.85. The summed E-state index contributed by atoms with van der Waals surface area (Å²) in [5, 5.41) is 0. The molecule has 0 aromatic heterocycles. The van der Waals surface area contributed by atoms with Gasteiger partial charge in [-0.25, -0.2) is 4.39 Å². The molecule has 3 rings (SSSR count). The summed E-state index contributed by atoms with van der Waals surface area (Å²) in [5.74, 6) is 1.31. The van der Waals surface area contributed by atoms with E-state index in [1.54, 1.807) is 13.2 Å². The molecule has 1 fully saturated rings. The smallest absolute Gasteiger partial charge is 0.129 e. The Hall–Kier alpha value is -1.54. The lowest BCUT2D eigenvalue weighted by Gasteiger charge is -2.10. The monoisotopic (exact) mass is 320 g/mol. The van der Waals surface area contributed by atoms with Crippen LogP contribution in [0, 0.1) is 11.7 Å². The Morgan fingerprint density at radius 3 is 2.68 bits per heavy atom. The largest absolute Gasteiger partial charge is 0.496 e. The van der Waals surface area contributed by atoms with E-state index in [0.29, 0.717) is 5.75 Å². The van der Waals surface area contributed by atoms with Crippen LogP contribution >= 0.6 is 12.4 Å². The zero-order valence-corrected chi connectivity index (χ0v) is 13.7. The highest BCUT2D eigenvalue weighted by atomic mass is 35.5. The van der Waals surface area contributed by atoms with Crippen LogP contribution in [0.15, 0.2) is 42.5 Å². The van der Waals surface area contributed by atoms with Crippen molar-refractivity contribution in [2.24, 2.45) is 5.92 Å². The van der Waals surface area contributed by atoms with E-state index in [9.17, 15) is 4.39 Å². The molecule has 1 aliphatic rings. The highest BCUT2D eigenvalue weighted by Gasteiger charge is 2.20. The first kappa shape index (κ1) is 16.8. The summed E-state index contributed by atoms with van der Waals surface area (Å²) in [7, 11) is 1.58. The molecule has 1 nitrogen and oxygen atoms in total. The Kier molecular flexibility index (Phi) is 5.84. The van der Waals surface area contributed by atoms with Gasteiger partial charge >= 0.3 is 0 Å². The lowest BCUT2D eigenvalue weighted by molar-refractivity contribution is 0.413. The summed E-state index contributed by atoms with van der Waals surface area (Å²) in [6.45, 7) is 0. The van der Waals surface area contributed by atoms with Crippen LogP contribution in [0.25, 0.3) is 11.1 Å². The molecule has 0 saturated heterocycles. The van der Waals surface area contributed by atoms with Gasteiger partial charge in [-0.15, -0.1) is 12.4 Å². The van der Waals surface area contributed by atoms with E-state index in [4.69, 9.17) is 4.74 Å². The third-order valence-corrected chi connectivity index (χ3v) is 4.18. The molecule has 2 aromatic rings. The fourth-order valence-electron chi connectivity index (χ4n) is 2.80. The topological polar surface area (TPSA) is 9.23 Å². The van der Waals surface area contributed by atoms with E-state index >= 15 is 0 Å². The number of hydrogen-bond acceptors (Lipinski definition) is 1. The molecule has 0 bridgehead atoms. The van der Waals surface area contributed by atoms with E-state index in [0.717, 1.165) is 23.5 Å². The van der Waals surface area contributed by atoms with Crippen LogP contribution in [-0.2, 0) is 6.42 Å². The minimum absolute atomic E-state index is 0. The number of methoxy groups -OCH3 is 1. The number of benzene rings is 2. The molecule has 1 saturated carbocycles. The third kappa shape index (κ3) is 4.23. The maximum absolute atomic E-state index is 13.3. The van der Waals surface area contributed by atoms with Crippen LogP contribution in [-0.4, -0.2) is 7.11 Å². The number of rotatable bonds is 6. The molecule has 22 heavy (non-hydrogen) atoms. The first-order valence-electron chi connectivity index (χ1n) is 7.69. The molecule has 0 atom stereocenters. The lowest BCUT2D eigenvalue weighted by atomic mass is 9.99. The van der Waals surface area contributed by atoms with Crippen molar-refractivity contribution in [3.63, 3.8) is 0 Å². The van der Waals surface area contributed by atoms with Crippen LogP contribution < -0.4 is 4.74 Å². The first-order valence-corrected chi connectivity index (χ1v) is 7.69. The molecule has 0 aliphatic heterocycles. The normalized spacial score (nSPS) is 13.5. The molecule has 1 aliphatic carbocycles. The average Bonchev–Trinajstić information content (AvgIpc) is 3.31. The predicted molar refractivity (Wildman–Crippen MR) is 91.3 cm³/mol. The number of ether oxygens (including phenoxy) is 1. The van der Waals surface area contributed by atoms with E-state index < -0.39 is 0 Å². The van der Waals surface area contributed by atoms with Crippen LogP contribution in [0.2, 0.25) is 0 Å². The van der Waals surface area contributed by atoms with Gasteiger partial charge < -0.3 is 4.74 Å². The van der Waals surface area contributed by atoms with Gasteiger partial charge in [0.05, 0.1) is 7.11 Å². The van der Waals surface area contributed by atoms with Crippen LogP contribution in [0.4, 0.5) is 4.39 Å². The van der Waals surface area contributed by atoms with Crippen molar-refractivity contribution >= 4 is 12.4 Å². The summed E-state index contributed by atoms with van der Waals surface area (Å²) >= 11 is 0. The minimum atomic E-state index is -0.267. The molecule has 118 valence electrons. The van der Waals surface area contributed by atoms with Crippen molar-refractivity contribution in [1.29, 1.82) is 0 Å². The van der Waals surface area contributed by atoms with Gasteiger partial charge in [-0.3, -0.25) is 0 Å². The third-order valence-electron chi connectivity index (χ3n) is 4.18. The summed E-state index contributed by atoms with van der Waals surface area (Å²) in [5.41, 5.74) is 3.39. The molecular weight excluding hydrogens is 299 g/mol. The molecule has 2 aromatic carbocycles. The van der Waals surface area contributed by atoms with Crippen LogP contribution in [0.1, 0.15) is 31.2 Å². The second-order valence-electron chi connectivity index (χ2n) is 5.88. The van der Waals surface area contributed by atoms with Crippen molar-refractivity contribution < 1.29 is 9.13 Å². The number of halogens is 2.